The number of nitrogens with zero attached hydrogens (tertiary/aromatic N) is 1. The number of carbonyl (C=O) groups excluding carboxylic acids is 2. The van der Waals surface area contributed by atoms with Crippen LogP contribution in [0.3, 0.4) is 0 Å². The van der Waals surface area contributed by atoms with Gasteiger partial charge in [0.15, 0.2) is 0 Å². The third-order valence-electron chi connectivity index (χ3n) is 8.72. The second-order valence-electron chi connectivity index (χ2n) is 11.5. The zero-order chi connectivity index (χ0) is 29.1. The fraction of sp³-hybridized carbons (Fsp3) is 0.333. The van der Waals surface area contributed by atoms with Gasteiger partial charge in [0.2, 0.25) is 11.8 Å². The smallest absolute Gasteiger partial charge is 0.238 e. The van der Waals surface area contributed by atoms with Crippen LogP contribution in [-0.4, -0.2) is 36.2 Å². The van der Waals surface area contributed by atoms with E-state index in [1.165, 1.54) is 10.5 Å². The van der Waals surface area contributed by atoms with Crippen molar-refractivity contribution in [2.24, 2.45) is 17.8 Å². The fourth-order valence-electron chi connectivity index (χ4n) is 6.88. The molecule has 6 nitrogen and oxygen atoms in total. The van der Waals surface area contributed by atoms with Crippen LogP contribution in [0.1, 0.15) is 44.6 Å². The van der Waals surface area contributed by atoms with E-state index in [4.69, 9.17) is 9.47 Å². The summed E-state index contributed by atoms with van der Waals surface area (Å²) >= 11 is 0. The number of benzene rings is 3. The van der Waals surface area contributed by atoms with Gasteiger partial charge < -0.3 is 14.6 Å². The molecule has 2 aliphatic heterocycles. The highest BCUT2D eigenvalue weighted by Gasteiger charge is 2.57. The first-order valence-corrected chi connectivity index (χ1v) is 15.0. The van der Waals surface area contributed by atoms with Crippen LogP contribution in [0.5, 0.6) is 11.5 Å². The number of allylic oxidation sites excluding steroid dienone is 1. The van der Waals surface area contributed by atoms with E-state index in [1.807, 2.05) is 72.8 Å². The molecular weight excluding hydrogens is 526 g/mol. The number of aromatic hydroxyl groups is 1. The van der Waals surface area contributed by atoms with Gasteiger partial charge in [0, 0.05) is 5.92 Å². The molecule has 2 amide bonds. The molecule has 2 heterocycles. The number of imide groups is 1. The highest BCUT2D eigenvalue weighted by atomic mass is 16.5. The zero-order valence-corrected chi connectivity index (χ0v) is 23.9. The highest BCUT2D eigenvalue weighted by molar-refractivity contribution is 6.22. The summed E-state index contributed by atoms with van der Waals surface area (Å²) in [6.45, 7) is 2.96. The summed E-state index contributed by atoms with van der Waals surface area (Å²) in [4.78, 5) is 28.9. The van der Waals surface area contributed by atoms with Gasteiger partial charge in [-0.05, 0) is 78.8 Å². The molecule has 3 aliphatic rings. The predicted octanol–water partition coefficient (Wildman–Crippen LogP) is 6.96. The molecule has 1 aliphatic carbocycles. The first kappa shape index (κ1) is 28.0. The Morgan fingerprint density at radius 2 is 1.71 bits per heavy atom. The minimum absolute atomic E-state index is 0.124. The topological polar surface area (TPSA) is 76.1 Å². The molecule has 3 aromatic carbocycles. The number of para-hydroxylation sites is 2. The first-order valence-electron chi connectivity index (χ1n) is 15.0. The third-order valence-corrected chi connectivity index (χ3v) is 8.72. The number of carbonyl (C=O) groups is 2. The number of hydrogen-bond donors (Lipinski definition) is 1. The Labute approximate surface area is 247 Å². The molecule has 2 fully saturated rings. The Morgan fingerprint density at radius 1 is 0.952 bits per heavy atom. The van der Waals surface area contributed by atoms with Crippen LogP contribution >= 0.6 is 0 Å². The largest absolute Gasteiger partial charge is 0.508 e. The second-order valence-corrected chi connectivity index (χ2v) is 11.5. The summed E-state index contributed by atoms with van der Waals surface area (Å²) < 4.78 is 12.7. The Balaban J connectivity index is 1.28. The van der Waals surface area contributed by atoms with E-state index >= 15 is 0 Å². The summed E-state index contributed by atoms with van der Waals surface area (Å²) in [6, 6.07) is 26.3. The van der Waals surface area contributed by atoms with Crippen molar-refractivity contribution in [3.8, 4) is 11.5 Å². The monoisotopic (exact) mass is 563 g/mol. The van der Waals surface area contributed by atoms with Crippen molar-refractivity contribution in [2.45, 2.75) is 45.1 Å². The van der Waals surface area contributed by atoms with Crippen LogP contribution in [0.4, 0.5) is 5.69 Å². The molecule has 6 heteroatoms. The van der Waals surface area contributed by atoms with Gasteiger partial charge in [-0.25, -0.2) is 0 Å². The Morgan fingerprint density at radius 3 is 2.45 bits per heavy atom. The van der Waals surface area contributed by atoms with E-state index in [1.54, 1.807) is 12.1 Å². The minimum atomic E-state index is -0.420. The molecule has 0 aromatic heterocycles. The molecule has 0 spiro atoms. The van der Waals surface area contributed by atoms with Gasteiger partial charge in [0.05, 0.1) is 30.2 Å². The molecule has 4 atom stereocenters. The summed E-state index contributed by atoms with van der Waals surface area (Å²) in [5, 5.41) is 9.93. The average Bonchev–Trinajstić information content (AvgIpc) is 3.54. The van der Waals surface area contributed by atoms with Crippen molar-refractivity contribution in [1.29, 1.82) is 0 Å². The molecule has 0 saturated carbocycles. The molecule has 0 bridgehead atoms. The number of rotatable bonds is 10. The van der Waals surface area contributed by atoms with E-state index in [2.05, 4.69) is 13.0 Å². The SMILES string of the molecule is CCC/C(=C\c1cccc(O)c1)CC[C@H]1OC[C@H]2C1=C(COc1ccccc1)C[C@H]1C(=O)N(c3ccccc3)C(=O)[C@H]12. The average molecular weight is 564 g/mol. The van der Waals surface area contributed by atoms with Gasteiger partial charge in [-0.3, -0.25) is 14.5 Å². The number of phenolic OH excluding ortho intramolecular Hbond substituents is 1. The number of phenols is 1. The minimum Gasteiger partial charge on any atom is -0.508 e. The van der Waals surface area contributed by atoms with Gasteiger partial charge in [0.1, 0.15) is 18.1 Å². The number of fused-ring (bicyclic) bond motifs is 3. The number of hydrogen-bond acceptors (Lipinski definition) is 5. The van der Waals surface area contributed by atoms with Crippen molar-refractivity contribution in [1.82, 2.24) is 0 Å². The molecule has 6 rings (SSSR count). The van der Waals surface area contributed by atoms with E-state index in [-0.39, 0.29) is 29.6 Å². The second kappa shape index (κ2) is 12.4. The molecule has 1 N–H and O–H groups in total. The zero-order valence-electron chi connectivity index (χ0n) is 23.9. The maximum Gasteiger partial charge on any atom is 0.238 e. The van der Waals surface area contributed by atoms with Gasteiger partial charge >= 0.3 is 0 Å². The third kappa shape index (κ3) is 5.64. The van der Waals surface area contributed by atoms with Crippen molar-refractivity contribution in [3.63, 3.8) is 0 Å². The lowest BCUT2D eigenvalue weighted by Gasteiger charge is -2.31. The summed E-state index contributed by atoms with van der Waals surface area (Å²) in [6.07, 6.45) is 6.13. The van der Waals surface area contributed by atoms with Crippen LogP contribution in [0.2, 0.25) is 0 Å². The van der Waals surface area contributed by atoms with Gasteiger partial charge in [-0.15, -0.1) is 0 Å². The van der Waals surface area contributed by atoms with Crippen LogP contribution in [0, 0.1) is 17.8 Å². The fourth-order valence-corrected chi connectivity index (χ4v) is 6.88. The quantitative estimate of drug-likeness (QED) is 0.213. The van der Waals surface area contributed by atoms with E-state index in [0.29, 0.717) is 25.3 Å². The molecule has 216 valence electrons. The van der Waals surface area contributed by atoms with E-state index < -0.39 is 11.8 Å². The number of amides is 2. The number of anilines is 1. The van der Waals surface area contributed by atoms with Crippen LogP contribution < -0.4 is 9.64 Å². The Bertz CT molecular complexity index is 1500. The maximum atomic E-state index is 13.8. The van der Waals surface area contributed by atoms with Crippen molar-refractivity contribution < 1.29 is 24.2 Å². The Kier molecular flexibility index (Phi) is 8.24. The van der Waals surface area contributed by atoms with E-state index in [0.717, 1.165) is 48.1 Å². The van der Waals surface area contributed by atoms with Crippen LogP contribution in [0.25, 0.3) is 6.08 Å². The standard InChI is InChI=1S/C36H37NO5/c1-2-10-24(19-25-11-9-14-28(38)20-25)17-18-32-33-26(22-41-29-15-7-4-8-16-29)21-30-34(31(33)23-42-32)36(40)37(35(30)39)27-12-5-3-6-13-27/h3-9,11-16,19-20,30-32,34,38H,2,10,17-18,21-23H2,1H3/b24-19+/t30-,31+,32-,34-/m1/s1. The first-order chi connectivity index (χ1) is 20.5. The van der Waals surface area contributed by atoms with Crippen molar-refractivity contribution in [2.75, 3.05) is 18.1 Å². The lowest BCUT2D eigenvalue weighted by Crippen LogP contribution is -2.35. The normalized spacial score (nSPS) is 23.7. The summed E-state index contributed by atoms with van der Waals surface area (Å²) in [5.74, 6) is -0.194. The number of ether oxygens (including phenoxy) is 2. The molecule has 0 unspecified atom stereocenters. The van der Waals surface area contributed by atoms with Crippen molar-refractivity contribution in [3.05, 3.63) is 107 Å². The van der Waals surface area contributed by atoms with Crippen LogP contribution in [-0.2, 0) is 14.3 Å². The molecule has 3 aromatic rings. The van der Waals surface area contributed by atoms with Crippen molar-refractivity contribution >= 4 is 23.6 Å². The molecule has 2 saturated heterocycles. The molecule has 0 radical (unpaired) electrons. The summed E-state index contributed by atoms with van der Waals surface area (Å²) in [7, 11) is 0. The van der Waals surface area contributed by atoms with Gasteiger partial charge in [0.25, 0.3) is 0 Å². The van der Waals surface area contributed by atoms with E-state index in [9.17, 15) is 14.7 Å². The predicted molar refractivity (Wildman–Crippen MR) is 163 cm³/mol. The Hall–Kier alpha value is -4.16. The van der Waals surface area contributed by atoms with Gasteiger partial charge in [-0.1, -0.05) is 73.5 Å². The lowest BCUT2D eigenvalue weighted by molar-refractivity contribution is -0.122. The summed E-state index contributed by atoms with van der Waals surface area (Å²) in [5.41, 5.74) is 5.14. The lowest BCUT2D eigenvalue weighted by atomic mass is 9.69. The molecule has 42 heavy (non-hydrogen) atoms. The highest BCUT2D eigenvalue weighted by Crippen LogP contribution is 2.50. The van der Waals surface area contributed by atoms with Gasteiger partial charge in [-0.2, -0.15) is 0 Å². The maximum absolute atomic E-state index is 13.8. The van der Waals surface area contributed by atoms with Crippen LogP contribution in [0.15, 0.2) is 102 Å². The molecular formula is C36H37NO5.